The van der Waals surface area contributed by atoms with Gasteiger partial charge in [-0.25, -0.2) is 9.97 Å². The quantitative estimate of drug-likeness (QED) is 0.853. The fourth-order valence-corrected chi connectivity index (χ4v) is 1.86. The average molecular weight is 329 g/mol. The minimum atomic E-state index is 0.806. The third-order valence-corrected chi connectivity index (χ3v) is 2.61. The van der Waals surface area contributed by atoms with Crippen LogP contribution in [0.5, 0.6) is 0 Å². The first-order chi connectivity index (χ1) is 7.24. The van der Waals surface area contributed by atoms with E-state index in [9.17, 15) is 0 Å². The highest BCUT2D eigenvalue weighted by atomic mass is 79.9. The molecule has 0 fully saturated rings. The van der Waals surface area contributed by atoms with Gasteiger partial charge in [-0.1, -0.05) is 0 Å². The number of hydrogen-bond acceptors (Lipinski definition) is 3. The summed E-state index contributed by atoms with van der Waals surface area (Å²) in [6.45, 7) is 0. The molecule has 2 heterocycles. The third-order valence-electron chi connectivity index (χ3n) is 1.74. The lowest BCUT2D eigenvalue weighted by atomic mass is 10.3. The molecule has 76 valence electrons. The van der Waals surface area contributed by atoms with Crippen molar-refractivity contribution >= 4 is 43.2 Å². The number of anilines is 2. The van der Waals surface area contributed by atoms with Crippen LogP contribution in [0.3, 0.4) is 0 Å². The topological polar surface area (TPSA) is 37.8 Å². The van der Waals surface area contributed by atoms with Crippen LogP contribution in [0.15, 0.2) is 45.9 Å². The van der Waals surface area contributed by atoms with E-state index < -0.39 is 0 Å². The van der Waals surface area contributed by atoms with Crippen molar-refractivity contribution in [3.8, 4) is 0 Å². The van der Waals surface area contributed by atoms with Crippen LogP contribution < -0.4 is 5.32 Å². The smallest absolute Gasteiger partial charge is 0.108 e. The predicted molar refractivity (Wildman–Crippen MR) is 67.2 cm³/mol. The summed E-state index contributed by atoms with van der Waals surface area (Å²) in [5.74, 6) is 0. The number of hydrogen-bond donors (Lipinski definition) is 1. The highest BCUT2D eigenvalue weighted by Crippen LogP contribution is 2.20. The number of nitrogens with zero attached hydrogens (tertiary/aromatic N) is 2. The molecule has 0 aromatic carbocycles. The molecule has 0 aliphatic heterocycles. The second-order valence-electron chi connectivity index (χ2n) is 2.86. The van der Waals surface area contributed by atoms with E-state index in [4.69, 9.17) is 0 Å². The van der Waals surface area contributed by atoms with Gasteiger partial charge in [0, 0.05) is 23.8 Å². The molecule has 0 radical (unpaired) electrons. The summed E-state index contributed by atoms with van der Waals surface area (Å²) in [5, 5.41) is 3.25. The molecule has 2 rings (SSSR count). The van der Waals surface area contributed by atoms with E-state index >= 15 is 0 Å². The van der Waals surface area contributed by atoms with Gasteiger partial charge in [-0.3, -0.25) is 0 Å². The zero-order chi connectivity index (χ0) is 10.7. The monoisotopic (exact) mass is 327 g/mol. The molecule has 3 nitrogen and oxygen atoms in total. The fourth-order valence-electron chi connectivity index (χ4n) is 1.13. The molecule has 15 heavy (non-hydrogen) atoms. The van der Waals surface area contributed by atoms with Crippen LogP contribution in [0.1, 0.15) is 0 Å². The summed E-state index contributed by atoms with van der Waals surface area (Å²) < 4.78 is 1.61. The molecule has 2 aromatic heterocycles. The van der Waals surface area contributed by atoms with Crippen LogP contribution in [0, 0.1) is 0 Å². The molecule has 0 spiro atoms. The maximum atomic E-state index is 4.05. The van der Waals surface area contributed by atoms with E-state index in [1.807, 2.05) is 24.3 Å². The molecule has 2 aromatic rings. The summed E-state index contributed by atoms with van der Waals surface area (Å²) >= 11 is 6.63. The highest BCUT2D eigenvalue weighted by molar-refractivity contribution is 9.10. The van der Waals surface area contributed by atoms with Crippen LogP contribution in [0.2, 0.25) is 0 Å². The van der Waals surface area contributed by atoms with E-state index in [-0.39, 0.29) is 0 Å². The molecule has 0 unspecified atom stereocenters. The maximum Gasteiger partial charge on any atom is 0.108 e. The zero-order valence-electron chi connectivity index (χ0n) is 7.61. The van der Waals surface area contributed by atoms with Crippen molar-refractivity contribution in [3.63, 3.8) is 0 Å². The summed E-state index contributed by atoms with van der Waals surface area (Å²) in [6.07, 6.45) is 3.48. The van der Waals surface area contributed by atoms with Gasteiger partial charge in [0.2, 0.25) is 0 Å². The van der Waals surface area contributed by atoms with Gasteiger partial charge < -0.3 is 5.32 Å². The Labute approximate surface area is 104 Å². The van der Waals surface area contributed by atoms with Gasteiger partial charge in [-0.2, -0.15) is 0 Å². The first-order valence-electron chi connectivity index (χ1n) is 4.24. The molecule has 1 N–H and O–H groups in total. The van der Waals surface area contributed by atoms with Crippen LogP contribution in [0.25, 0.3) is 0 Å². The zero-order valence-corrected chi connectivity index (χ0v) is 10.8. The molecule has 0 saturated carbocycles. The normalized spacial score (nSPS) is 10.0. The van der Waals surface area contributed by atoms with Crippen molar-refractivity contribution in [2.75, 3.05) is 5.32 Å². The summed E-state index contributed by atoms with van der Waals surface area (Å²) in [4.78, 5) is 8.11. The standard InChI is InChI=1S/C10H7Br2N3/c11-9-5-7(1-3-13-9)15-8-2-4-14-10(12)6-8/h1-6H,(H,13,14,15). The molecular formula is C10H7Br2N3. The van der Waals surface area contributed by atoms with E-state index in [1.54, 1.807) is 12.4 Å². The van der Waals surface area contributed by atoms with E-state index in [0.29, 0.717) is 0 Å². The maximum absolute atomic E-state index is 4.05. The van der Waals surface area contributed by atoms with Gasteiger partial charge in [0.1, 0.15) is 9.21 Å². The number of aromatic nitrogens is 2. The van der Waals surface area contributed by atoms with Crippen LogP contribution >= 0.6 is 31.9 Å². The Balaban J connectivity index is 2.22. The predicted octanol–water partition coefficient (Wildman–Crippen LogP) is 3.75. The van der Waals surface area contributed by atoms with Gasteiger partial charge in [0.05, 0.1) is 0 Å². The molecule has 0 saturated heterocycles. The van der Waals surface area contributed by atoms with Crippen molar-refractivity contribution in [2.45, 2.75) is 0 Å². The van der Waals surface area contributed by atoms with E-state index in [2.05, 4.69) is 47.1 Å². The van der Waals surface area contributed by atoms with Crippen molar-refractivity contribution in [2.24, 2.45) is 0 Å². The van der Waals surface area contributed by atoms with Crippen molar-refractivity contribution in [3.05, 3.63) is 45.9 Å². The second kappa shape index (κ2) is 4.72. The van der Waals surface area contributed by atoms with E-state index in [1.165, 1.54) is 0 Å². The minimum absolute atomic E-state index is 0.806. The Hall–Kier alpha value is -0.940. The van der Waals surface area contributed by atoms with Crippen LogP contribution in [-0.4, -0.2) is 9.97 Å². The van der Waals surface area contributed by atoms with Crippen molar-refractivity contribution in [1.29, 1.82) is 0 Å². The number of rotatable bonds is 2. The summed E-state index contributed by atoms with van der Waals surface area (Å²) in [5.41, 5.74) is 1.96. The molecule has 5 heteroatoms. The van der Waals surface area contributed by atoms with Crippen LogP contribution in [0.4, 0.5) is 11.4 Å². The molecule has 0 amide bonds. The first-order valence-corrected chi connectivity index (χ1v) is 5.83. The van der Waals surface area contributed by atoms with Gasteiger partial charge in [-0.05, 0) is 56.1 Å². The Morgan fingerprint density at radius 1 is 0.867 bits per heavy atom. The third kappa shape index (κ3) is 3.00. The van der Waals surface area contributed by atoms with Gasteiger partial charge >= 0.3 is 0 Å². The Kier molecular flexibility index (Phi) is 3.33. The number of halogens is 2. The highest BCUT2D eigenvalue weighted by Gasteiger charge is 1.96. The van der Waals surface area contributed by atoms with Crippen molar-refractivity contribution < 1.29 is 0 Å². The summed E-state index contributed by atoms with van der Waals surface area (Å²) in [6, 6.07) is 7.63. The molecular weight excluding hydrogens is 322 g/mol. The molecule has 0 atom stereocenters. The Morgan fingerprint density at radius 3 is 1.73 bits per heavy atom. The van der Waals surface area contributed by atoms with Crippen LogP contribution in [-0.2, 0) is 0 Å². The lowest BCUT2D eigenvalue weighted by Crippen LogP contribution is -1.91. The Morgan fingerprint density at radius 2 is 1.33 bits per heavy atom. The van der Waals surface area contributed by atoms with Gasteiger partial charge in [-0.15, -0.1) is 0 Å². The minimum Gasteiger partial charge on any atom is -0.355 e. The lowest BCUT2D eigenvalue weighted by molar-refractivity contribution is 1.26. The molecule has 0 bridgehead atoms. The SMILES string of the molecule is Brc1cc(Nc2ccnc(Br)c2)ccn1. The number of nitrogens with one attached hydrogen (secondary N) is 1. The fraction of sp³-hybridized carbons (Fsp3) is 0. The second-order valence-corrected chi connectivity index (χ2v) is 4.48. The molecule has 0 aliphatic carbocycles. The number of pyridine rings is 2. The average Bonchev–Trinajstić information content (AvgIpc) is 2.17. The van der Waals surface area contributed by atoms with E-state index in [0.717, 1.165) is 20.6 Å². The largest absolute Gasteiger partial charge is 0.355 e. The summed E-state index contributed by atoms with van der Waals surface area (Å²) in [7, 11) is 0. The Bertz CT molecular complexity index is 430. The molecule has 0 aliphatic rings. The van der Waals surface area contributed by atoms with Crippen molar-refractivity contribution in [1.82, 2.24) is 9.97 Å². The lowest BCUT2D eigenvalue weighted by Gasteiger charge is -2.05. The van der Waals surface area contributed by atoms with Gasteiger partial charge in [0.25, 0.3) is 0 Å². The van der Waals surface area contributed by atoms with Gasteiger partial charge in [0.15, 0.2) is 0 Å². The first kappa shape index (κ1) is 10.6.